The number of amides is 2. The first kappa shape index (κ1) is 19.9. The summed E-state index contributed by atoms with van der Waals surface area (Å²) in [5.41, 5.74) is -1.72. The molecule has 1 N–H and O–H groups in total. The number of rotatable bonds is 4. The maximum Gasteiger partial charge on any atom is 0.416 e. The summed E-state index contributed by atoms with van der Waals surface area (Å²) in [7, 11) is 0. The van der Waals surface area contributed by atoms with Gasteiger partial charge in [0, 0.05) is 0 Å². The van der Waals surface area contributed by atoms with E-state index in [-0.39, 0.29) is 36.6 Å². The number of alkyl halides is 3. The number of benzene rings is 1. The summed E-state index contributed by atoms with van der Waals surface area (Å²) in [6, 6.07) is 2.15. The number of carbonyl (C=O) groups is 2. The van der Waals surface area contributed by atoms with E-state index in [1.807, 2.05) is 0 Å². The van der Waals surface area contributed by atoms with Gasteiger partial charge in [-0.2, -0.15) is 13.2 Å². The van der Waals surface area contributed by atoms with Gasteiger partial charge in [0.25, 0.3) is 0 Å². The molecule has 11 heteroatoms. The molecule has 4 rings (SSSR count). The van der Waals surface area contributed by atoms with Crippen LogP contribution in [0.15, 0.2) is 18.2 Å². The summed E-state index contributed by atoms with van der Waals surface area (Å²) < 4.78 is 54.3. The second-order valence-corrected chi connectivity index (χ2v) is 7.80. The summed E-state index contributed by atoms with van der Waals surface area (Å²) in [6.07, 6.45) is -3.12. The van der Waals surface area contributed by atoms with Gasteiger partial charge in [0.1, 0.15) is 30.6 Å². The van der Waals surface area contributed by atoms with Crippen LogP contribution >= 0.6 is 11.6 Å². The van der Waals surface area contributed by atoms with Gasteiger partial charge in [-0.1, -0.05) is 11.6 Å². The van der Waals surface area contributed by atoms with Crippen molar-refractivity contribution in [3.8, 4) is 5.75 Å². The fourth-order valence-electron chi connectivity index (χ4n) is 3.54. The van der Waals surface area contributed by atoms with Crippen LogP contribution in [0.2, 0.25) is 5.02 Å². The van der Waals surface area contributed by atoms with Gasteiger partial charge < -0.3 is 19.5 Å². The predicted molar refractivity (Wildman–Crippen MR) is 93.8 cm³/mol. The smallest absolute Gasteiger partial charge is 0.416 e. The molecular weight excluding hydrogens is 417 g/mol. The summed E-state index contributed by atoms with van der Waals surface area (Å²) in [6.45, 7) is 0.140. The van der Waals surface area contributed by atoms with Crippen LogP contribution in [-0.2, 0) is 15.7 Å². The highest BCUT2D eigenvalue weighted by atomic mass is 35.5. The Labute approximate surface area is 169 Å². The Morgan fingerprint density at radius 1 is 1.38 bits per heavy atom. The molecule has 158 valence electrons. The quantitative estimate of drug-likeness (QED) is 0.783. The number of carbonyl (C=O) groups excluding carboxylic acids is 2. The largest absolute Gasteiger partial charge is 0.490 e. The average Bonchev–Trinajstić information content (AvgIpc) is 3.00. The zero-order valence-electron chi connectivity index (χ0n) is 15.1. The van der Waals surface area contributed by atoms with Crippen molar-refractivity contribution in [2.24, 2.45) is 0 Å². The molecule has 7 nitrogen and oxygen atoms in total. The minimum absolute atomic E-state index is 0.0410. The Balaban J connectivity index is 1.46. The predicted octanol–water partition coefficient (Wildman–Crippen LogP) is 3.59. The molecule has 0 radical (unpaired) electrons. The van der Waals surface area contributed by atoms with E-state index in [0.717, 1.165) is 37.5 Å². The number of likely N-dealkylation sites (tertiary alicyclic amines) is 1. The lowest BCUT2D eigenvalue weighted by molar-refractivity contribution is -0.137. The van der Waals surface area contributed by atoms with Gasteiger partial charge in [-0.15, -0.1) is 0 Å². The van der Waals surface area contributed by atoms with Gasteiger partial charge in [0.2, 0.25) is 0 Å². The molecule has 3 fully saturated rings. The molecule has 1 spiro atoms. The maximum absolute atomic E-state index is 12.8. The molecule has 0 bridgehead atoms. The molecule has 2 saturated heterocycles. The van der Waals surface area contributed by atoms with Crippen LogP contribution in [0.5, 0.6) is 5.75 Å². The van der Waals surface area contributed by atoms with Gasteiger partial charge in [-0.3, -0.25) is 4.90 Å². The number of halogens is 4. The molecule has 29 heavy (non-hydrogen) atoms. The van der Waals surface area contributed by atoms with E-state index in [1.54, 1.807) is 0 Å². The molecule has 2 heterocycles. The van der Waals surface area contributed by atoms with Crippen molar-refractivity contribution in [1.29, 1.82) is 0 Å². The third kappa shape index (κ3) is 3.77. The highest BCUT2D eigenvalue weighted by Crippen LogP contribution is 2.38. The molecule has 1 aliphatic carbocycles. The first-order valence-corrected chi connectivity index (χ1v) is 9.47. The van der Waals surface area contributed by atoms with Crippen LogP contribution in [0, 0.1) is 0 Å². The second kappa shape index (κ2) is 7.16. The van der Waals surface area contributed by atoms with Crippen molar-refractivity contribution >= 4 is 23.8 Å². The summed E-state index contributed by atoms with van der Waals surface area (Å²) in [5.74, 6) is 0.0410. The lowest BCUT2D eigenvalue weighted by Crippen LogP contribution is -2.78. The van der Waals surface area contributed by atoms with Gasteiger partial charge >= 0.3 is 18.4 Å². The lowest BCUT2D eigenvalue weighted by atomic mass is 9.81. The first-order chi connectivity index (χ1) is 13.7. The second-order valence-electron chi connectivity index (χ2n) is 7.39. The van der Waals surface area contributed by atoms with Gasteiger partial charge in [0.15, 0.2) is 0 Å². The number of cyclic esters (lactones) is 1. The Kier molecular flexibility index (Phi) is 4.92. The van der Waals surface area contributed by atoms with Gasteiger partial charge in [-0.25, -0.2) is 9.59 Å². The monoisotopic (exact) mass is 434 g/mol. The van der Waals surface area contributed by atoms with E-state index in [9.17, 15) is 22.8 Å². The van der Waals surface area contributed by atoms with Crippen molar-refractivity contribution in [3.05, 3.63) is 28.8 Å². The number of hydrogen-bond donors (Lipinski definition) is 1. The van der Waals surface area contributed by atoms with Crippen LogP contribution in [0.4, 0.5) is 22.8 Å². The molecule has 1 aromatic rings. The molecule has 1 aromatic carbocycles. The third-order valence-electron chi connectivity index (χ3n) is 5.49. The zero-order valence-corrected chi connectivity index (χ0v) is 15.9. The highest BCUT2D eigenvalue weighted by Gasteiger charge is 2.60. The number of ether oxygens (including phenoxy) is 3. The molecule has 0 aromatic heterocycles. The third-order valence-corrected chi connectivity index (χ3v) is 5.78. The standard InChI is InChI=1S/C18H18ClF3N2O5/c19-12-6-10(18(20,21)22)4-5-13(12)27-7-14-17(9-28-15(25)23-17)8-24(14)16(26)29-11-2-1-3-11/h4-6,11,14H,1-3,7-9H2,(H,23,25). The lowest BCUT2D eigenvalue weighted by Gasteiger charge is -2.53. The molecule has 1 saturated carbocycles. The Morgan fingerprint density at radius 3 is 2.69 bits per heavy atom. The van der Waals surface area contributed by atoms with Crippen molar-refractivity contribution in [3.63, 3.8) is 0 Å². The van der Waals surface area contributed by atoms with Gasteiger partial charge in [-0.05, 0) is 37.5 Å². The molecule has 2 atom stereocenters. The first-order valence-electron chi connectivity index (χ1n) is 9.10. The Bertz CT molecular complexity index is 832. The normalized spacial score (nSPS) is 26.4. The van der Waals surface area contributed by atoms with Crippen molar-refractivity contribution in [2.75, 3.05) is 19.8 Å². The SMILES string of the molecule is O=C1NC2(CO1)CN(C(=O)OC1CCC1)C2COc1ccc(C(F)(F)F)cc1Cl. The molecule has 2 aliphatic heterocycles. The fourth-order valence-corrected chi connectivity index (χ4v) is 3.78. The van der Waals surface area contributed by atoms with Crippen molar-refractivity contribution in [1.82, 2.24) is 10.2 Å². The molecule has 2 amide bonds. The molecule has 3 aliphatic rings. The van der Waals surface area contributed by atoms with E-state index in [2.05, 4.69) is 5.32 Å². The molecular formula is C18H18ClF3N2O5. The summed E-state index contributed by atoms with van der Waals surface area (Å²) >= 11 is 5.92. The van der Waals surface area contributed by atoms with Gasteiger partial charge in [0.05, 0.1) is 23.2 Å². The fraction of sp³-hybridized carbons (Fsp3) is 0.556. The number of hydrogen-bond acceptors (Lipinski definition) is 5. The number of alkyl carbamates (subject to hydrolysis) is 1. The molecule has 2 unspecified atom stereocenters. The van der Waals surface area contributed by atoms with Crippen LogP contribution < -0.4 is 10.1 Å². The van der Waals surface area contributed by atoms with E-state index in [0.29, 0.717) is 0 Å². The van der Waals surface area contributed by atoms with E-state index >= 15 is 0 Å². The Morgan fingerprint density at radius 2 is 2.14 bits per heavy atom. The van der Waals surface area contributed by atoms with E-state index in [1.165, 1.54) is 4.90 Å². The number of nitrogens with zero attached hydrogens (tertiary/aromatic N) is 1. The van der Waals surface area contributed by atoms with Crippen molar-refractivity contribution in [2.45, 2.75) is 43.1 Å². The Hall–Kier alpha value is -2.36. The topological polar surface area (TPSA) is 77.1 Å². The van der Waals surface area contributed by atoms with Crippen LogP contribution in [0.25, 0.3) is 0 Å². The summed E-state index contributed by atoms with van der Waals surface area (Å²) in [5, 5.41) is 2.49. The van der Waals surface area contributed by atoms with E-state index < -0.39 is 35.5 Å². The number of nitrogens with one attached hydrogen (secondary N) is 1. The maximum atomic E-state index is 12.8. The van der Waals surface area contributed by atoms with Crippen LogP contribution in [0.3, 0.4) is 0 Å². The van der Waals surface area contributed by atoms with Crippen LogP contribution in [0.1, 0.15) is 24.8 Å². The minimum atomic E-state index is -4.52. The van der Waals surface area contributed by atoms with E-state index in [4.69, 9.17) is 25.8 Å². The highest BCUT2D eigenvalue weighted by molar-refractivity contribution is 6.32. The average molecular weight is 435 g/mol. The summed E-state index contributed by atoms with van der Waals surface area (Å²) in [4.78, 5) is 25.4. The van der Waals surface area contributed by atoms with Crippen molar-refractivity contribution < 1.29 is 37.0 Å². The minimum Gasteiger partial charge on any atom is -0.490 e. The van der Waals surface area contributed by atoms with Crippen LogP contribution in [-0.4, -0.2) is 54.5 Å². The zero-order chi connectivity index (χ0) is 20.8.